The molecule has 4 aromatic rings. The summed E-state index contributed by atoms with van der Waals surface area (Å²) in [4.78, 5) is 31.9. The number of pyridine rings is 2. The molecule has 1 unspecified atom stereocenters. The Balaban J connectivity index is 0.948. The zero-order valence-corrected chi connectivity index (χ0v) is 39.4. The number of carbonyl (C=O) groups is 1. The van der Waals surface area contributed by atoms with Crippen molar-refractivity contribution < 1.29 is 44.0 Å². The van der Waals surface area contributed by atoms with E-state index < -0.39 is 29.8 Å². The van der Waals surface area contributed by atoms with Crippen molar-refractivity contribution in [3.63, 3.8) is 0 Å². The smallest absolute Gasteiger partial charge is 0.302 e. The third-order valence-corrected chi connectivity index (χ3v) is 14.5. The molecular formula is C54H61N8O8+. The second-order valence-electron chi connectivity index (χ2n) is 19.4. The molecule has 70 heavy (non-hydrogen) atoms. The molecule has 8 N–H and O–H groups in total. The number of aryl methyl sites for hydroxylation is 1. The summed E-state index contributed by atoms with van der Waals surface area (Å²) < 4.78 is 25.8. The van der Waals surface area contributed by atoms with E-state index in [9.17, 15) is 20.1 Å². The molecule has 6 aliphatic rings. The van der Waals surface area contributed by atoms with Crippen molar-refractivity contribution in [3.8, 4) is 40.6 Å². The van der Waals surface area contributed by atoms with E-state index in [0.29, 0.717) is 55.8 Å². The van der Waals surface area contributed by atoms with Gasteiger partial charge in [0.05, 0.1) is 30.3 Å². The van der Waals surface area contributed by atoms with Crippen LogP contribution in [0.15, 0.2) is 107 Å². The van der Waals surface area contributed by atoms with Gasteiger partial charge in [-0.1, -0.05) is 18.1 Å². The van der Waals surface area contributed by atoms with Crippen molar-refractivity contribution in [2.24, 2.45) is 21.8 Å². The first-order valence-corrected chi connectivity index (χ1v) is 24.5. The van der Waals surface area contributed by atoms with Gasteiger partial charge in [-0.05, 0) is 109 Å². The zero-order valence-electron chi connectivity index (χ0n) is 39.4. The lowest BCUT2D eigenvalue weighted by molar-refractivity contribution is -0.869. The van der Waals surface area contributed by atoms with Crippen LogP contribution < -0.4 is 30.7 Å². The summed E-state index contributed by atoms with van der Waals surface area (Å²) in [5.41, 5.74) is 11.3. The Morgan fingerprint density at radius 1 is 1.06 bits per heavy atom. The lowest BCUT2D eigenvalue weighted by Crippen LogP contribution is -3.14. The van der Waals surface area contributed by atoms with E-state index in [4.69, 9.17) is 29.7 Å². The molecule has 16 heteroatoms. The highest BCUT2D eigenvalue weighted by molar-refractivity contribution is 5.82. The van der Waals surface area contributed by atoms with E-state index in [1.807, 2.05) is 42.6 Å². The van der Waals surface area contributed by atoms with Crippen molar-refractivity contribution in [2.75, 3.05) is 25.4 Å². The third kappa shape index (κ3) is 10.6. The molecule has 1 saturated carbocycles. The van der Waals surface area contributed by atoms with Crippen LogP contribution in [0.1, 0.15) is 86.6 Å². The quantitative estimate of drug-likeness (QED) is 0.0424. The minimum absolute atomic E-state index is 0.0328. The highest BCUT2D eigenvalue weighted by Gasteiger charge is 2.53. The van der Waals surface area contributed by atoms with Gasteiger partial charge < -0.3 is 50.6 Å². The Hall–Kier alpha value is -7.09. The summed E-state index contributed by atoms with van der Waals surface area (Å²) >= 11 is 0. The van der Waals surface area contributed by atoms with Crippen LogP contribution in [-0.2, 0) is 33.5 Å². The number of esters is 1. The van der Waals surface area contributed by atoms with Gasteiger partial charge in [0, 0.05) is 81.9 Å². The number of guanidine groups is 1. The lowest BCUT2D eigenvalue weighted by atomic mass is 9.68. The van der Waals surface area contributed by atoms with Crippen molar-refractivity contribution in [1.29, 1.82) is 0 Å². The molecule has 16 nitrogen and oxygen atoms in total. The first kappa shape index (κ1) is 46.6. The van der Waals surface area contributed by atoms with Crippen LogP contribution >= 0.6 is 0 Å². The van der Waals surface area contributed by atoms with Gasteiger partial charge in [-0.25, -0.2) is 4.98 Å². The number of phenols is 3. The van der Waals surface area contributed by atoms with E-state index in [2.05, 4.69) is 49.7 Å². The first-order valence-electron chi connectivity index (χ1n) is 24.5. The fourth-order valence-electron chi connectivity index (χ4n) is 11.1. The number of carbonyl (C=O) groups excluding carboxylic acids is 1. The molecule has 10 rings (SSSR count). The number of hydrogen-bond acceptors (Lipinski definition) is 13. The number of phenolic OH excluding ortho intramolecular Hbond substituents is 3. The van der Waals surface area contributed by atoms with Gasteiger partial charge >= 0.3 is 5.97 Å². The lowest BCUT2D eigenvalue weighted by Gasteiger charge is -2.51. The average molecular weight is 950 g/mol. The topological polar surface area (TPSA) is 220 Å². The van der Waals surface area contributed by atoms with Crippen molar-refractivity contribution in [1.82, 2.24) is 20.6 Å². The fraction of sp³-hybridized carbons (Fsp3) is 0.426. The minimum Gasteiger partial charge on any atom is -0.504 e. The number of nitrogens with two attached hydrogens (primary N) is 1. The number of ether oxygens (including phenoxy) is 4. The maximum atomic E-state index is 12.5. The Morgan fingerprint density at radius 2 is 1.97 bits per heavy atom. The van der Waals surface area contributed by atoms with E-state index in [0.717, 1.165) is 73.4 Å². The Morgan fingerprint density at radius 3 is 2.81 bits per heavy atom. The van der Waals surface area contributed by atoms with E-state index >= 15 is 0 Å². The van der Waals surface area contributed by atoms with Crippen LogP contribution in [0.4, 0.5) is 5.82 Å². The van der Waals surface area contributed by atoms with Gasteiger partial charge in [0.25, 0.3) is 0 Å². The molecule has 0 radical (unpaired) electrons. The molecular weight excluding hydrogens is 889 g/mol. The van der Waals surface area contributed by atoms with Crippen LogP contribution in [0.25, 0.3) is 0 Å². The number of nitrogen functional groups attached to an aromatic ring is 1. The Bertz CT molecular complexity index is 2770. The van der Waals surface area contributed by atoms with Gasteiger partial charge in [-0.2, -0.15) is 0 Å². The standard InChI is InChI=1S/C54H60N8O8/c1-33(63)68-40-27-46(70-47(28-40)39-25-44(65)52(66)49(26-39)67-21-15-35-7-4-17-56-30-35)37-8-2-9-41-45(69-48-23-36(22-37)11-12-43(48)64)10-3-16-54(41)29-51(62-31-38-14-20-57-42(38)32-62)60-53(61-54)59-18-5-6-34-13-19-58-50(55)24-34/h4,7,11-14,17,19-20,23-26,30,32,37,40-41,45-47,51,64-66H,3,5-6,8,10,15-16,18,21-22,27-29,31H2,1H3,(H2,55,58)(H2,59,60,61)/p+1/t37-,40-,41-,45+,46-,47+,51+,54+/m1/s1. The molecule has 0 amide bonds. The second kappa shape index (κ2) is 20.5. The monoisotopic (exact) mass is 949 g/mol. The van der Waals surface area contributed by atoms with Gasteiger partial charge in [0.1, 0.15) is 36.5 Å². The van der Waals surface area contributed by atoms with E-state index in [1.54, 1.807) is 30.7 Å². The third-order valence-electron chi connectivity index (χ3n) is 14.5. The molecule has 2 saturated heterocycles. The zero-order chi connectivity index (χ0) is 48.2. The highest BCUT2D eigenvalue weighted by atomic mass is 16.6. The molecule has 2 aromatic heterocycles. The summed E-state index contributed by atoms with van der Waals surface area (Å²) in [5, 5.41) is 40.9. The van der Waals surface area contributed by atoms with Gasteiger partial charge in [-0.15, -0.1) is 5.92 Å². The second-order valence-corrected chi connectivity index (χ2v) is 19.4. The number of nitrogens with zero attached hydrogens (tertiary/aromatic N) is 4. The van der Waals surface area contributed by atoms with Crippen LogP contribution in [0.5, 0.6) is 28.7 Å². The Kier molecular flexibility index (Phi) is 13.6. The first-order chi connectivity index (χ1) is 34.0. The predicted molar refractivity (Wildman–Crippen MR) is 262 cm³/mol. The number of rotatable bonds is 12. The minimum atomic E-state index is -0.619. The molecule has 1 spiro atoms. The average Bonchev–Trinajstić information content (AvgIpc) is 3.96. The number of benzene rings is 2. The normalized spacial score (nSPS) is 28.3. The van der Waals surface area contributed by atoms with Crippen molar-refractivity contribution in [2.45, 2.75) is 114 Å². The summed E-state index contributed by atoms with van der Waals surface area (Å²) in [6.45, 7) is 3.04. The number of anilines is 1. The van der Waals surface area contributed by atoms with Crippen LogP contribution in [-0.4, -0.2) is 93.1 Å². The highest BCUT2D eigenvalue weighted by Crippen LogP contribution is 2.45. The van der Waals surface area contributed by atoms with Crippen LogP contribution in [0.2, 0.25) is 0 Å². The molecule has 3 fully saturated rings. The van der Waals surface area contributed by atoms with Gasteiger partial charge in [-0.3, -0.25) is 24.7 Å². The predicted octanol–water partition coefficient (Wildman–Crippen LogP) is 5.15. The molecule has 9 atom stereocenters. The molecule has 2 bridgehead atoms. The van der Waals surface area contributed by atoms with E-state index in [1.165, 1.54) is 23.5 Å². The van der Waals surface area contributed by atoms with Gasteiger partial charge in [0.15, 0.2) is 35.1 Å². The maximum absolute atomic E-state index is 12.5. The van der Waals surface area contributed by atoms with E-state index in [-0.39, 0.29) is 53.7 Å². The van der Waals surface area contributed by atoms with Gasteiger partial charge in [0.2, 0.25) is 5.75 Å². The molecule has 7 heterocycles. The Labute approximate surface area is 407 Å². The van der Waals surface area contributed by atoms with Crippen molar-refractivity contribution >= 4 is 24.0 Å². The summed E-state index contributed by atoms with van der Waals surface area (Å²) in [5.74, 6) is 7.68. The molecule has 5 aliphatic heterocycles. The van der Waals surface area contributed by atoms with Crippen LogP contribution in [0, 0.1) is 23.7 Å². The molecule has 1 aliphatic carbocycles. The summed E-state index contributed by atoms with van der Waals surface area (Å²) in [6.07, 6.45) is 16.6. The SMILES string of the molecule is CC(=O)O[C@H]1C[C@@H](c2cc(O)c(O)c(OCCc3cccnc3)c2)O[C@@H]([C@@H]2CC#C[C@@H]3[C@H](CCC[C@]34C[C@H]([NH+]3C=C5N=CC=C5C3)NC(=NCCCc3ccnc(N)c3)N4)Oc3cc(ccc3O)C2)C1. The number of fused-ring (bicyclic) bond motifs is 5. The number of aromatic hydroxyl groups is 3. The summed E-state index contributed by atoms with van der Waals surface area (Å²) in [7, 11) is 0. The largest absolute Gasteiger partial charge is 0.504 e. The number of quaternary nitrogens is 1. The van der Waals surface area contributed by atoms with Crippen LogP contribution in [0.3, 0.4) is 0 Å². The summed E-state index contributed by atoms with van der Waals surface area (Å²) in [6, 6.07) is 16.4. The number of aliphatic imine (C=N–C) groups is 2. The van der Waals surface area contributed by atoms with Crippen molar-refractivity contribution in [3.05, 3.63) is 119 Å². The fourth-order valence-corrected chi connectivity index (χ4v) is 11.1. The molecule has 364 valence electrons. The number of aromatic nitrogens is 2. The number of allylic oxidation sites excluding steroid dienone is 1. The maximum Gasteiger partial charge on any atom is 0.302 e. The number of nitrogens with one attached hydrogen (secondary N) is 3. The number of hydrogen-bond donors (Lipinski definition) is 7. The molecule has 2 aromatic carbocycles.